The van der Waals surface area contributed by atoms with Crippen molar-refractivity contribution >= 4 is 39.8 Å². The van der Waals surface area contributed by atoms with E-state index >= 15 is 0 Å². The predicted octanol–water partition coefficient (Wildman–Crippen LogP) is 4.83. The van der Waals surface area contributed by atoms with Crippen molar-refractivity contribution in [2.75, 3.05) is 5.32 Å². The molecule has 0 aliphatic rings. The number of rotatable bonds is 6. The molecule has 0 spiro atoms. The van der Waals surface area contributed by atoms with E-state index in [2.05, 4.69) is 15.5 Å². The van der Waals surface area contributed by atoms with Crippen LogP contribution in [0.4, 0.5) is 9.52 Å². The Labute approximate surface area is 139 Å². The monoisotopic (exact) mass is 355 g/mol. The minimum atomic E-state index is -0.334. The third-order valence-corrected chi connectivity index (χ3v) is 5.18. The van der Waals surface area contributed by atoms with Crippen LogP contribution in [-0.2, 0) is 12.3 Å². The zero-order chi connectivity index (χ0) is 15.4. The van der Waals surface area contributed by atoms with Gasteiger partial charge in [-0.1, -0.05) is 40.8 Å². The van der Waals surface area contributed by atoms with Gasteiger partial charge in [-0.2, -0.15) is 0 Å². The molecular formula is C14H11ClFN3OS2. The van der Waals surface area contributed by atoms with Gasteiger partial charge in [0, 0.05) is 10.8 Å². The fraction of sp³-hybridized carbons (Fsp3) is 0.143. The number of halogens is 2. The van der Waals surface area contributed by atoms with Gasteiger partial charge in [0.15, 0.2) is 4.34 Å². The maximum Gasteiger partial charge on any atom is 0.206 e. The summed E-state index contributed by atoms with van der Waals surface area (Å²) in [6, 6.07) is 8.12. The van der Waals surface area contributed by atoms with E-state index in [9.17, 15) is 4.39 Å². The molecule has 3 aromatic rings. The van der Waals surface area contributed by atoms with Crippen LogP contribution in [0, 0.1) is 5.82 Å². The molecule has 0 amide bonds. The lowest BCUT2D eigenvalue weighted by molar-refractivity contribution is 0.518. The van der Waals surface area contributed by atoms with Crippen LogP contribution in [0.5, 0.6) is 0 Å². The summed E-state index contributed by atoms with van der Waals surface area (Å²) in [7, 11) is 0. The maximum absolute atomic E-state index is 13.0. The number of nitrogens with one attached hydrogen (secondary N) is 1. The SMILES string of the molecule is Fc1ccc(CSc2nnc(NCc3ccco3)s2)c(Cl)c1. The number of aromatic nitrogens is 2. The Morgan fingerprint density at radius 1 is 1.32 bits per heavy atom. The summed E-state index contributed by atoms with van der Waals surface area (Å²) in [5, 5.41) is 12.5. The molecule has 0 radical (unpaired) electrons. The minimum Gasteiger partial charge on any atom is -0.467 e. The summed E-state index contributed by atoms with van der Waals surface area (Å²) in [5.74, 6) is 1.12. The summed E-state index contributed by atoms with van der Waals surface area (Å²) in [6.45, 7) is 0.566. The molecule has 0 saturated carbocycles. The molecule has 3 rings (SSSR count). The Bertz CT molecular complexity index is 748. The van der Waals surface area contributed by atoms with Gasteiger partial charge in [-0.25, -0.2) is 4.39 Å². The van der Waals surface area contributed by atoms with Crippen LogP contribution in [0.1, 0.15) is 11.3 Å². The Kier molecular flexibility index (Phi) is 4.97. The third kappa shape index (κ3) is 4.00. The highest BCUT2D eigenvalue weighted by molar-refractivity contribution is 8.00. The molecule has 0 aliphatic carbocycles. The van der Waals surface area contributed by atoms with Crippen molar-refractivity contribution in [2.24, 2.45) is 0 Å². The first-order chi connectivity index (χ1) is 10.7. The second kappa shape index (κ2) is 7.13. The number of thioether (sulfide) groups is 1. The van der Waals surface area contributed by atoms with Crippen molar-refractivity contribution in [1.82, 2.24) is 10.2 Å². The van der Waals surface area contributed by atoms with E-state index in [0.29, 0.717) is 17.3 Å². The number of benzene rings is 1. The van der Waals surface area contributed by atoms with Gasteiger partial charge in [0.05, 0.1) is 12.8 Å². The second-order valence-electron chi connectivity index (χ2n) is 4.33. The fourth-order valence-electron chi connectivity index (χ4n) is 1.69. The Morgan fingerprint density at radius 3 is 3.00 bits per heavy atom. The summed E-state index contributed by atoms with van der Waals surface area (Å²) in [4.78, 5) is 0. The Morgan fingerprint density at radius 2 is 2.23 bits per heavy atom. The van der Waals surface area contributed by atoms with Gasteiger partial charge in [0.1, 0.15) is 11.6 Å². The Balaban J connectivity index is 1.55. The molecule has 4 nitrogen and oxygen atoms in total. The van der Waals surface area contributed by atoms with Crippen molar-refractivity contribution in [2.45, 2.75) is 16.6 Å². The van der Waals surface area contributed by atoms with E-state index in [1.165, 1.54) is 35.2 Å². The van der Waals surface area contributed by atoms with Gasteiger partial charge < -0.3 is 9.73 Å². The van der Waals surface area contributed by atoms with Gasteiger partial charge in [0.2, 0.25) is 5.13 Å². The largest absolute Gasteiger partial charge is 0.467 e. The average molecular weight is 356 g/mol. The van der Waals surface area contributed by atoms with Crippen LogP contribution in [0.15, 0.2) is 45.4 Å². The minimum absolute atomic E-state index is 0.334. The highest BCUT2D eigenvalue weighted by Gasteiger charge is 2.08. The number of hydrogen-bond donors (Lipinski definition) is 1. The molecule has 0 bridgehead atoms. The highest BCUT2D eigenvalue weighted by Crippen LogP contribution is 2.30. The van der Waals surface area contributed by atoms with Crippen LogP contribution in [0.2, 0.25) is 5.02 Å². The average Bonchev–Trinajstić information content (AvgIpc) is 3.16. The lowest BCUT2D eigenvalue weighted by atomic mass is 10.2. The number of hydrogen-bond acceptors (Lipinski definition) is 6. The van der Waals surface area contributed by atoms with E-state index in [-0.39, 0.29) is 5.82 Å². The van der Waals surface area contributed by atoms with Crippen molar-refractivity contribution < 1.29 is 8.81 Å². The molecule has 1 aromatic carbocycles. The van der Waals surface area contributed by atoms with Crippen molar-refractivity contribution in [3.8, 4) is 0 Å². The van der Waals surface area contributed by atoms with Crippen LogP contribution in [0.3, 0.4) is 0 Å². The van der Waals surface area contributed by atoms with Gasteiger partial charge in [0.25, 0.3) is 0 Å². The van der Waals surface area contributed by atoms with Gasteiger partial charge in [-0.3, -0.25) is 0 Å². The normalized spacial score (nSPS) is 10.8. The second-order valence-corrected chi connectivity index (χ2v) is 6.94. The molecule has 2 heterocycles. The van der Waals surface area contributed by atoms with Gasteiger partial charge >= 0.3 is 0 Å². The number of furan rings is 1. The van der Waals surface area contributed by atoms with Gasteiger partial charge in [-0.15, -0.1) is 10.2 Å². The van der Waals surface area contributed by atoms with Crippen LogP contribution in [0.25, 0.3) is 0 Å². The third-order valence-electron chi connectivity index (χ3n) is 2.77. The smallest absolute Gasteiger partial charge is 0.206 e. The first-order valence-corrected chi connectivity index (χ1v) is 8.55. The Hall–Kier alpha value is -1.57. The van der Waals surface area contributed by atoms with E-state index < -0.39 is 0 Å². The fourth-order valence-corrected chi connectivity index (χ4v) is 3.76. The van der Waals surface area contributed by atoms with Crippen LogP contribution in [-0.4, -0.2) is 10.2 Å². The molecule has 0 aliphatic heterocycles. The molecule has 0 fully saturated rings. The van der Waals surface area contributed by atoms with Crippen molar-refractivity contribution in [3.05, 3.63) is 58.8 Å². The van der Waals surface area contributed by atoms with E-state index in [1.807, 2.05) is 12.1 Å². The van der Waals surface area contributed by atoms with E-state index in [4.69, 9.17) is 16.0 Å². The molecule has 0 unspecified atom stereocenters. The van der Waals surface area contributed by atoms with Crippen LogP contribution < -0.4 is 5.32 Å². The van der Waals surface area contributed by atoms with Crippen molar-refractivity contribution in [1.29, 1.82) is 0 Å². The van der Waals surface area contributed by atoms with E-state index in [0.717, 1.165) is 20.8 Å². The first-order valence-electron chi connectivity index (χ1n) is 6.37. The number of nitrogens with zero attached hydrogens (tertiary/aromatic N) is 2. The topological polar surface area (TPSA) is 51.0 Å². The quantitative estimate of drug-likeness (QED) is 0.642. The lowest BCUT2D eigenvalue weighted by Crippen LogP contribution is -1.96. The predicted molar refractivity (Wildman–Crippen MR) is 86.9 cm³/mol. The highest BCUT2D eigenvalue weighted by atomic mass is 35.5. The zero-order valence-electron chi connectivity index (χ0n) is 11.3. The van der Waals surface area contributed by atoms with Gasteiger partial charge in [-0.05, 0) is 29.8 Å². The van der Waals surface area contributed by atoms with E-state index in [1.54, 1.807) is 12.3 Å². The summed E-state index contributed by atoms with van der Waals surface area (Å²) in [5.41, 5.74) is 0.869. The first kappa shape index (κ1) is 15.3. The molecule has 0 saturated heterocycles. The zero-order valence-corrected chi connectivity index (χ0v) is 13.6. The molecule has 2 aromatic heterocycles. The molecule has 114 valence electrons. The molecular weight excluding hydrogens is 345 g/mol. The summed E-state index contributed by atoms with van der Waals surface area (Å²) in [6.07, 6.45) is 1.63. The maximum atomic E-state index is 13.0. The standard InChI is InChI=1S/C14H11ClFN3OS2/c15-12-6-10(16)4-3-9(12)8-21-14-19-18-13(22-14)17-7-11-2-1-5-20-11/h1-6H,7-8H2,(H,17,18). The summed E-state index contributed by atoms with van der Waals surface area (Å²) >= 11 is 8.97. The molecule has 1 N–H and O–H groups in total. The summed E-state index contributed by atoms with van der Waals surface area (Å²) < 4.78 is 19.0. The molecule has 0 atom stereocenters. The molecule has 22 heavy (non-hydrogen) atoms. The van der Waals surface area contributed by atoms with Crippen molar-refractivity contribution in [3.63, 3.8) is 0 Å². The number of anilines is 1. The lowest BCUT2D eigenvalue weighted by Gasteiger charge is -2.01. The van der Waals surface area contributed by atoms with Crippen LogP contribution >= 0.6 is 34.7 Å². The molecule has 8 heteroatoms.